The van der Waals surface area contributed by atoms with Gasteiger partial charge in [0.15, 0.2) is 0 Å². The summed E-state index contributed by atoms with van der Waals surface area (Å²) in [6, 6.07) is 1.67. The van der Waals surface area contributed by atoms with Crippen molar-refractivity contribution in [1.82, 2.24) is 10.3 Å². The first-order chi connectivity index (χ1) is 9.66. The van der Waals surface area contributed by atoms with Crippen molar-refractivity contribution in [3.8, 4) is 0 Å². The highest BCUT2D eigenvalue weighted by molar-refractivity contribution is 5.97. The SMILES string of the molecule is CNC(=O)CCN(C)c1nc(C(F)(F)F)ccc1C(N)=O. The fourth-order valence-electron chi connectivity index (χ4n) is 1.59. The molecule has 0 saturated carbocycles. The molecule has 0 bridgehead atoms. The van der Waals surface area contributed by atoms with E-state index in [9.17, 15) is 22.8 Å². The van der Waals surface area contributed by atoms with Gasteiger partial charge in [-0.05, 0) is 12.1 Å². The first kappa shape index (κ1) is 16.7. The van der Waals surface area contributed by atoms with E-state index in [1.165, 1.54) is 19.0 Å². The lowest BCUT2D eigenvalue weighted by molar-refractivity contribution is -0.141. The molecule has 1 aromatic rings. The Balaban J connectivity index is 3.11. The number of nitrogens with two attached hydrogens (primary N) is 1. The summed E-state index contributed by atoms with van der Waals surface area (Å²) in [5, 5.41) is 2.39. The highest BCUT2D eigenvalue weighted by atomic mass is 19.4. The van der Waals surface area contributed by atoms with E-state index < -0.39 is 17.8 Å². The Kier molecular flexibility index (Phi) is 5.12. The molecule has 0 aliphatic heterocycles. The molecule has 0 atom stereocenters. The van der Waals surface area contributed by atoms with Crippen LogP contribution in [0.15, 0.2) is 12.1 Å². The standard InChI is InChI=1S/C12H15F3N4O2/c1-17-9(20)5-6-19(2)11-7(10(16)21)3-4-8(18-11)12(13,14)15/h3-4H,5-6H2,1-2H3,(H2,16,21)(H,17,20). The molecule has 0 aliphatic carbocycles. The van der Waals surface area contributed by atoms with Gasteiger partial charge in [0.05, 0.1) is 5.56 Å². The van der Waals surface area contributed by atoms with Gasteiger partial charge in [-0.25, -0.2) is 4.98 Å². The van der Waals surface area contributed by atoms with Crippen LogP contribution in [-0.4, -0.2) is 37.4 Å². The van der Waals surface area contributed by atoms with Gasteiger partial charge in [0.1, 0.15) is 11.5 Å². The summed E-state index contributed by atoms with van der Waals surface area (Å²) in [5.41, 5.74) is 3.86. The predicted octanol–water partition coefficient (Wildman–Crippen LogP) is 0.772. The van der Waals surface area contributed by atoms with Gasteiger partial charge in [0, 0.05) is 27.1 Å². The van der Waals surface area contributed by atoms with Gasteiger partial charge in [0.2, 0.25) is 5.91 Å². The molecule has 0 spiro atoms. The molecule has 0 aromatic carbocycles. The Morgan fingerprint density at radius 1 is 1.38 bits per heavy atom. The van der Waals surface area contributed by atoms with Gasteiger partial charge in [-0.2, -0.15) is 13.2 Å². The Morgan fingerprint density at radius 2 is 2.00 bits per heavy atom. The maximum Gasteiger partial charge on any atom is 0.433 e. The number of hydrogen-bond acceptors (Lipinski definition) is 4. The van der Waals surface area contributed by atoms with Crippen LogP contribution < -0.4 is 16.0 Å². The van der Waals surface area contributed by atoms with E-state index >= 15 is 0 Å². The zero-order chi connectivity index (χ0) is 16.2. The van der Waals surface area contributed by atoms with Gasteiger partial charge in [-0.15, -0.1) is 0 Å². The van der Waals surface area contributed by atoms with Gasteiger partial charge >= 0.3 is 6.18 Å². The molecule has 0 saturated heterocycles. The van der Waals surface area contributed by atoms with E-state index in [0.717, 1.165) is 6.07 Å². The number of carbonyl (C=O) groups is 2. The summed E-state index contributed by atoms with van der Waals surface area (Å²) in [6.45, 7) is 0.0915. The normalized spacial score (nSPS) is 11.1. The first-order valence-corrected chi connectivity index (χ1v) is 5.96. The highest BCUT2D eigenvalue weighted by Gasteiger charge is 2.33. The van der Waals surface area contributed by atoms with Crippen LogP contribution in [0.1, 0.15) is 22.5 Å². The van der Waals surface area contributed by atoms with E-state index in [1.807, 2.05) is 0 Å². The topological polar surface area (TPSA) is 88.3 Å². The molecule has 1 rings (SSSR count). The van der Waals surface area contributed by atoms with Crippen molar-refractivity contribution >= 4 is 17.6 Å². The number of alkyl halides is 3. The molecule has 3 N–H and O–H groups in total. The first-order valence-electron chi connectivity index (χ1n) is 5.96. The molecule has 21 heavy (non-hydrogen) atoms. The van der Waals surface area contributed by atoms with E-state index in [4.69, 9.17) is 5.73 Å². The van der Waals surface area contributed by atoms with Crippen molar-refractivity contribution in [1.29, 1.82) is 0 Å². The third-order valence-electron chi connectivity index (χ3n) is 2.75. The maximum atomic E-state index is 12.7. The summed E-state index contributed by atoms with van der Waals surface area (Å²) in [4.78, 5) is 27.2. The van der Waals surface area contributed by atoms with Crippen molar-refractivity contribution in [2.24, 2.45) is 5.73 Å². The molecule has 2 amide bonds. The van der Waals surface area contributed by atoms with Crippen LogP contribution in [0, 0.1) is 0 Å². The monoisotopic (exact) mass is 304 g/mol. The number of halogens is 3. The lowest BCUT2D eigenvalue weighted by Crippen LogP contribution is -2.29. The van der Waals surface area contributed by atoms with Crippen molar-refractivity contribution in [3.63, 3.8) is 0 Å². The average molecular weight is 304 g/mol. The van der Waals surface area contributed by atoms with Crippen LogP contribution in [0.3, 0.4) is 0 Å². The molecule has 1 aromatic heterocycles. The molecule has 1 heterocycles. The second-order valence-corrected chi connectivity index (χ2v) is 4.27. The zero-order valence-corrected chi connectivity index (χ0v) is 11.5. The maximum absolute atomic E-state index is 12.7. The van der Waals surface area contributed by atoms with Crippen LogP contribution in [0.4, 0.5) is 19.0 Å². The third-order valence-corrected chi connectivity index (χ3v) is 2.75. The number of carbonyl (C=O) groups excluding carboxylic acids is 2. The number of hydrogen-bond donors (Lipinski definition) is 2. The van der Waals surface area contributed by atoms with Crippen LogP contribution in [-0.2, 0) is 11.0 Å². The number of primary amides is 1. The van der Waals surface area contributed by atoms with E-state index in [-0.39, 0.29) is 30.3 Å². The van der Waals surface area contributed by atoms with Gasteiger partial charge in [0.25, 0.3) is 5.91 Å². The lowest BCUT2D eigenvalue weighted by atomic mass is 10.2. The predicted molar refractivity (Wildman–Crippen MR) is 69.7 cm³/mol. The Bertz CT molecular complexity index is 546. The van der Waals surface area contributed by atoms with Gasteiger partial charge in [-0.1, -0.05) is 0 Å². The molecular formula is C12H15F3N4O2. The van der Waals surface area contributed by atoms with Gasteiger partial charge < -0.3 is 16.0 Å². The molecule has 6 nitrogen and oxygen atoms in total. The minimum Gasteiger partial charge on any atom is -0.365 e. The van der Waals surface area contributed by atoms with Crippen molar-refractivity contribution in [3.05, 3.63) is 23.4 Å². The Hall–Kier alpha value is -2.32. The van der Waals surface area contributed by atoms with E-state index in [1.54, 1.807) is 0 Å². The summed E-state index contributed by atoms with van der Waals surface area (Å²) in [7, 11) is 2.87. The van der Waals surface area contributed by atoms with Crippen LogP contribution in [0.25, 0.3) is 0 Å². The van der Waals surface area contributed by atoms with Crippen LogP contribution >= 0.6 is 0 Å². The summed E-state index contributed by atoms with van der Waals surface area (Å²) < 4.78 is 38.0. The highest BCUT2D eigenvalue weighted by Crippen LogP contribution is 2.30. The number of aromatic nitrogens is 1. The molecule has 0 unspecified atom stereocenters. The summed E-state index contributed by atoms with van der Waals surface area (Å²) in [6.07, 6.45) is -4.59. The zero-order valence-electron chi connectivity index (χ0n) is 11.5. The lowest BCUT2D eigenvalue weighted by Gasteiger charge is -2.21. The van der Waals surface area contributed by atoms with Gasteiger partial charge in [-0.3, -0.25) is 9.59 Å². The van der Waals surface area contributed by atoms with Crippen molar-refractivity contribution < 1.29 is 22.8 Å². The Morgan fingerprint density at radius 3 is 2.48 bits per heavy atom. The Labute approximate surface area is 119 Å². The van der Waals surface area contributed by atoms with Crippen molar-refractivity contribution in [2.75, 3.05) is 25.5 Å². The summed E-state index contributed by atoms with van der Waals surface area (Å²) in [5.74, 6) is -1.38. The second kappa shape index (κ2) is 6.42. The number of pyridine rings is 1. The third kappa shape index (κ3) is 4.33. The number of anilines is 1. The quantitative estimate of drug-likeness (QED) is 0.841. The number of nitrogens with one attached hydrogen (secondary N) is 1. The number of amides is 2. The smallest absolute Gasteiger partial charge is 0.365 e. The minimum atomic E-state index is -4.63. The largest absolute Gasteiger partial charge is 0.433 e. The summed E-state index contributed by atoms with van der Waals surface area (Å²) >= 11 is 0. The second-order valence-electron chi connectivity index (χ2n) is 4.27. The molecular weight excluding hydrogens is 289 g/mol. The van der Waals surface area contributed by atoms with Crippen LogP contribution in [0.5, 0.6) is 0 Å². The average Bonchev–Trinajstić information content (AvgIpc) is 2.42. The molecule has 0 fully saturated rings. The van der Waals surface area contributed by atoms with Crippen LogP contribution in [0.2, 0.25) is 0 Å². The van der Waals surface area contributed by atoms with Crippen molar-refractivity contribution in [2.45, 2.75) is 12.6 Å². The molecule has 116 valence electrons. The number of nitrogens with zero attached hydrogens (tertiary/aromatic N) is 2. The molecule has 0 aliphatic rings. The number of rotatable bonds is 5. The molecule has 9 heteroatoms. The van der Waals surface area contributed by atoms with E-state index in [0.29, 0.717) is 6.07 Å². The minimum absolute atomic E-state index is 0.0448. The fraction of sp³-hybridized carbons (Fsp3) is 0.417. The van der Waals surface area contributed by atoms with E-state index in [2.05, 4.69) is 10.3 Å². The fourth-order valence-corrected chi connectivity index (χ4v) is 1.59. The molecule has 0 radical (unpaired) electrons.